The second kappa shape index (κ2) is 5.29. The van der Waals surface area contributed by atoms with Crippen LogP contribution in [-0.4, -0.2) is 44.7 Å². The van der Waals surface area contributed by atoms with Crippen molar-refractivity contribution in [1.29, 1.82) is 0 Å². The van der Waals surface area contributed by atoms with Crippen LogP contribution in [0.15, 0.2) is 18.2 Å². The van der Waals surface area contributed by atoms with E-state index in [-0.39, 0.29) is 0 Å². The van der Waals surface area contributed by atoms with E-state index in [1.54, 1.807) is 5.56 Å². The summed E-state index contributed by atoms with van der Waals surface area (Å²) >= 11 is 0. The lowest BCUT2D eigenvalue weighted by Gasteiger charge is -2.31. The van der Waals surface area contributed by atoms with E-state index in [0.29, 0.717) is 0 Å². The molecule has 0 aliphatic carbocycles. The van der Waals surface area contributed by atoms with Gasteiger partial charge in [-0.2, -0.15) is 0 Å². The first-order valence-electron chi connectivity index (χ1n) is 7.09. The minimum Gasteiger partial charge on any atom is -0.369 e. The summed E-state index contributed by atoms with van der Waals surface area (Å²) in [5, 5.41) is 3.43. The normalized spacial score (nSPS) is 21.5. The first kappa shape index (κ1) is 12.0. The lowest BCUT2D eigenvalue weighted by Crippen LogP contribution is -2.44. The molecular formula is C15H23N3. The Morgan fingerprint density at radius 1 is 1.11 bits per heavy atom. The van der Waals surface area contributed by atoms with E-state index in [9.17, 15) is 0 Å². The first-order chi connectivity index (χ1) is 8.84. The molecule has 3 nitrogen and oxygen atoms in total. The highest BCUT2D eigenvalue weighted by Crippen LogP contribution is 2.28. The zero-order valence-electron chi connectivity index (χ0n) is 11.3. The topological polar surface area (TPSA) is 18.5 Å². The number of hydrogen-bond donors (Lipinski definition) is 1. The molecule has 0 aromatic heterocycles. The van der Waals surface area contributed by atoms with E-state index in [1.807, 2.05) is 0 Å². The van der Waals surface area contributed by atoms with Crippen molar-refractivity contribution >= 4 is 5.69 Å². The summed E-state index contributed by atoms with van der Waals surface area (Å²) in [4.78, 5) is 4.99. The standard InChI is InChI=1S/C15H23N3/c1-17-9-3-5-14-13(12-17)4-2-6-15(14)18-10-7-16-8-11-18/h2,4,6,16H,3,5,7-12H2,1H3. The third kappa shape index (κ3) is 2.38. The number of piperazine rings is 1. The quantitative estimate of drug-likeness (QED) is 0.808. The number of nitrogens with one attached hydrogen (secondary N) is 1. The van der Waals surface area contributed by atoms with E-state index < -0.39 is 0 Å². The maximum absolute atomic E-state index is 3.43. The number of nitrogens with zero attached hydrogens (tertiary/aromatic N) is 2. The van der Waals surface area contributed by atoms with Crippen molar-refractivity contribution in [2.24, 2.45) is 0 Å². The van der Waals surface area contributed by atoms with Gasteiger partial charge >= 0.3 is 0 Å². The van der Waals surface area contributed by atoms with Crippen molar-refractivity contribution in [3.63, 3.8) is 0 Å². The molecule has 2 heterocycles. The predicted molar refractivity (Wildman–Crippen MR) is 76.2 cm³/mol. The fourth-order valence-electron chi connectivity index (χ4n) is 3.16. The molecule has 3 rings (SSSR count). The van der Waals surface area contributed by atoms with Crippen LogP contribution in [0.4, 0.5) is 5.69 Å². The van der Waals surface area contributed by atoms with Crippen LogP contribution in [0, 0.1) is 0 Å². The second-order valence-electron chi connectivity index (χ2n) is 5.49. The smallest absolute Gasteiger partial charge is 0.0402 e. The van der Waals surface area contributed by atoms with Crippen LogP contribution in [-0.2, 0) is 13.0 Å². The molecule has 1 aromatic rings. The van der Waals surface area contributed by atoms with Gasteiger partial charge in [0.25, 0.3) is 0 Å². The Morgan fingerprint density at radius 3 is 2.78 bits per heavy atom. The Kier molecular flexibility index (Phi) is 3.52. The summed E-state index contributed by atoms with van der Waals surface area (Å²) in [6.45, 7) is 6.84. The molecule has 18 heavy (non-hydrogen) atoms. The van der Waals surface area contributed by atoms with Crippen molar-refractivity contribution < 1.29 is 0 Å². The molecule has 98 valence electrons. The first-order valence-corrected chi connectivity index (χ1v) is 7.09. The molecule has 2 aliphatic rings. The summed E-state index contributed by atoms with van der Waals surface area (Å²) in [5.41, 5.74) is 4.62. The molecule has 1 N–H and O–H groups in total. The number of hydrogen-bond acceptors (Lipinski definition) is 3. The van der Waals surface area contributed by atoms with Crippen LogP contribution >= 0.6 is 0 Å². The highest BCUT2D eigenvalue weighted by atomic mass is 15.2. The van der Waals surface area contributed by atoms with Crippen LogP contribution in [0.1, 0.15) is 17.5 Å². The maximum atomic E-state index is 3.43. The Labute approximate surface area is 110 Å². The van der Waals surface area contributed by atoms with E-state index in [4.69, 9.17) is 0 Å². The van der Waals surface area contributed by atoms with Crippen LogP contribution in [0.25, 0.3) is 0 Å². The van der Waals surface area contributed by atoms with Gasteiger partial charge in [0, 0.05) is 38.4 Å². The summed E-state index contributed by atoms with van der Waals surface area (Å²) in [6.07, 6.45) is 2.52. The Hall–Kier alpha value is -1.06. The zero-order chi connectivity index (χ0) is 12.4. The summed E-state index contributed by atoms with van der Waals surface area (Å²) in [7, 11) is 2.23. The lowest BCUT2D eigenvalue weighted by molar-refractivity contribution is 0.332. The van der Waals surface area contributed by atoms with Gasteiger partial charge in [-0.3, -0.25) is 0 Å². The Morgan fingerprint density at radius 2 is 1.94 bits per heavy atom. The predicted octanol–water partition coefficient (Wildman–Crippen LogP) is 1.47. The SMILES string of the molecule is CN1CCCc2c(cccc2N2CCNCC2)C1. The molecule has 1 fully saturated rings. The van der Waals surface area contributed by atoms with Crippen molar-refractivity contribution in [1.82, 2.24) is 10.2 Å². The Balaban J connectivity index is 1.92. The van der Waals surface area contributed by atoms with Crippen LogP contribution in [0.2, 0.25) is 0 Å². The van der Waals surface area contributed by atoms with Gasteiger partial charge < -0.3 is 15.1 Å². The highest BCUT2D eigenvalue weighted by molar-refractivity contribution is 5.57. The average molecular weight is 245 g/mol. The third-order valence-corrected chi connectivity index (χ3v) is 4.11. The van der Waals surface area contributed by atoms with Crippen molar-refractivity contribution in [2.75, 3.05) is 44.7 Å². The minimum absolute atomic E-state index is 1.11. The highest BCUT2D eigenvalue weighted by Gasteiger charge is 2.18. The van der Waals surface area contributed by atoms with Gasteiger partial charge in [0.15, 0.2) is 0 Å². The second-order valence-corrected chi connectivity index (χ2v) is 5.49. The summed E-state index contributed by atoms with van der Waals surface area (Å²) in [6, 6.07) is 6.85. The van der Waals surface area contributed by atoms with Crippen LogP contribution < -0.4 is 10.2 Å². The summed E-state index contributed by atoms with van der Waals surface area (Å²) in [5.74, 6) is 0. The lowest BCUT2D eigenvalue weighted by atomic mass is 10.0. The van der Waals surface area contributed by atoms with Gasteiger partial charge in [-0.25, -0.2) is 0 Å². The number of rotatable bonds is 1. The van der Waals surface area contributed by atoms with Gasteiger partial charge in [-0.05, 0) is 43.6 Å². The molecule has 1 saturated heterocycles. The summed E-state index contributed by atoms with van der Waals surface area (Å²) < 4.78 is 0. The third-order valence-electron chi connectivity index (χ3n) is 4.11. The number of anilines is 1. The van der Waals surface area contributed by atoms with Gasteiger partial charge in [0.05, 0.1) is 0 Å². The molecule has 0 spiro atoms. The van der Waals surface area contributed by atoms with E-state index in [0.717, 1.165) is 32.7 Å². The number of fused-ring (bicyclic) bond motifs is 1. The van der Waals surface area contributed by atoms with E-state index >= 15 is 0 Å². The van der Waals surface area contributed by atoms with Gasteiger partial charge in [-0.1, -0.05) is 12.1 Å². The molecule has 0 radical (unpaired) electrons. The average Bonchev–Trinajstić information content (AvgIpc) is 2.60. The van der Waals surface area contributed by atoms with E-state index in [1.165, 1.54) is 30.6 Å². The van der Waals surface area contributed by atoms with Crippen LogP contribution in [0.3, 0.4) is 0 Å². The molecule has 2 aliphatic heterocycles. The molecule has 1 aromatic carbocycles. The molecule has 0 bridgehead atoms. The fourth-order valence-corrected chi connectivity index (χ4v) is 3.16. The van der Waals surface area contributed by atoms with Crippen molar-refractivity contribution in [3.05, 3.63) is 29.3 Å². The van der Waals surface area contributed by atoms with Crippen molar-refractivity contribution in [2.45, 2.75) is 19.4 Å². The number of benzene rings is 1. The molecule has 0 unspecified atom stereocenters. The zero-order valence-corrected chi connectivity index (χ0v) is 11.3. The van der Waals surface area contributed by atoms with Crippen LogP contribution in [0.5, 0.6) is 0 Å². The fraction of sp³-hybridized carbons (Fsp3) is 0.600. The molecule has 0 atom stereocenters. The Bertz CT molecular complexity index is 410. The monoisotopic (exact) mass is 245 g/mol. The van der Waals surface area contributed by atoms with E-state index in [2.05, 4.69) is 40.4 Å². The van der Waals surface area contributed by atoms with Gasteiger partial charge in [0.1, 0.15) is 0 Å². The molecular weight excluding hydrogens is 222 g/mol. The van der Waals surface area contributed by atoms with Gasteiger partial charge in [0.2, 0.25) is 0 Å². The molecule has 0 amide bonds. The molecule has 3 heteroatoms. The minimum atomic E-state index is 1.11. The molecule has 0 saturated carbocycles. The largest absolute Gasteiger partial charge is 0.369 e. The maximum Gasteiger partial charge on any atom is 0.0402 e. The van der Waals surface area contributed by atoms with Crippen molar-refractivity contribution in [3.8, 4) is 0 Å². The van der Waals surface area contributed by atoms with Gasteiger partial charge in [-0.15, -0.1) is 0 Å².